The predicted octanol–water partition coefficient (Wildman–Crippen LogP) is 3.54. The van der Waals surface area contributed by atoms with Crippen LogP contribution in [0.15, 0.2) is 42.5 Å². The monoisotopic (exact) mass is 284 g/mol. The first-order valence-corrected chi connectivity index (χ1v) is 6.65. The zero-order valence-electron chi connectivity index (χ0n) is 11.9. The van der Waals surface area contributed by atoms with Gasteiger partial charge in [-0.25, -0.2) is 9.59 Å². The molecule has 0 spiro atoms. The summed E-state index contributed by atoms with van der Waals surface area (Å²) in [4.78, 5) is 23.6. The van der Waals surface area contributed by atoms with E-state index in [2.05, 4.69) is 0 Å². The maximum absolute atomic E-state index is 12.1. The number of ether oxygens (including phenoxy) is 1. The molecule has 2 aromatic carbocycles. The smallest absolute Gasteiger partial charge is 0.338 e. The topological polar surface area (TPSA) is 63.6 Å². The van der Waals surface area contributed by atoms with Gasteiger partial charge < -0.3 is 9.84 Å². The van der Waals surface area contributed by atoms with Crippen LogP contribution in [-0.4, -0.2) is 23.7 Å². The Morgan fingerprint density at radius 1 is 1.05 bits per heavy atom. The Labute approximate surface area is 123 Å². The zero-order chi connectivity index (χ0) is 15.4. The van der Waals surface area contributed by atoms with Gasteiger partial charge in [0.1, 0.15) is 0 Å². The van der Waals surface area contributed by atoms with E-state index >= 15 is 0 Å². The van der Waals surface area contributed by atoms with E-state index in [9.17, 15) is 14.7 Å². The summed E-state index contributed by atoms with van der Waals surface area (Å²) in [5, 5.41) is 9.40. The average molecular weight is 284 g/mol. The first-order chi connectivity index (χ1) is 10.1. The highest BCUT2D eigenvalue weighted by molar-refractivity contribution is 6.05. The predicted molar refractivity (Wildman–Crippen MR) is 79.5 cm³/mol. The molecule has 0 aliphatic heterocycles. The molecule has 0 aromatic heterocycles. The highest BCUT2D eigenvalue weighted by Gasteiger charge is 2.21. The SMILES string of the molecule is CCOC(=O)c1cccc(C(=O)O)c1-c1ccccc1C. The van der Waals surface area contributed by atoms with Gasteiger partial charge in [-0.15, -0.1) is 0 Å². The molecule has 2 rings (SSSR count). The standard InChI is InChI=1S/C17H16O4/c1-3-21-17(20)14-10-6-9-13(16(18)19)15(14)12-8-5-4-7-11(12)2/h4-10H,3H2,1-2H3,(H,18,19). The summed E-state index contributed by atoms with van der Waals surface area (Å²) >= 11 is 0. The quantitative estimate of drug-likeness (QED) is 0.872. The van der Waals surface area contributed by atoms with Gasteiger partial charge in [-0.2, -0.15) is 0 Å². The maximum Gasteiger partial charge on any atom is 0.338 e. The Kier molecular flexibility index (Phi) is 4.38. The summed E-state index contributed by atoms with van der Waals surface area (Å²) in [6.07, 6.45) is 0. The molecule has 0 saturated heterocycles. The Balaban J connectivity index is 2.74. The number of hydrogen-bond acceptors (Lipinski definition) is 3. The van der Waals surface area contributed by atoms with Gasteiger partial charge in [0, 0.05) is 5.56 Å². The van der Waals surface area contributed by atoms with E-state index in [4.69, 9.17) is 4.74 Å². The molecular formula is C17H16O4. The molecule has 0 fully saturated rings. The van der Waals surface area contributed by atoms with Gasteiger partial charge in [0.15, 0.2) is 0 Å². The van der Waals surface area contributed by atoms with Crippen LogP contribution < -0.4 is 0 Å². The fourth-order valence-corrected chi connectivity index (χ4v) is 2.25. The first-order valence-electron chi connectivity index (χ1n) is 6.65. The Hall–Kier alpha value is -2.62. The summed E-state index contributed by atoms with van der Waals surface area (Å²) in [6, 6.07) is 12.0. The minimum atomic E-state index is -1.07. The van der Waals surface area contributed by atoms with E-state index < -0.39 is 11.9 Å². The fraction of sp³-hybridized carbons (Fsp3) is 0.176. The Bertz CT molecular complexity index is 689. The van der Waals surface area contributed by atoms with Crippen molar-refractivity contribution in [2.75, 3.05) is 6.61 Å². The molecule has 108 valence electrons. The van der Waals surface area contributed by atoms with Crippen molar-refractivity contribution < 1.29 is 19.4 Å². The second kappa shape index (κ2) is 6.22. The largest absolute Gasteiger partial charge is 0.478 e. The third-order valence-corrected chi connectivity index (χ3v) is 3.20. The van der Waals surface area contributed by atoms with Gasteiger partial charge in [-0.05, 0) is 37.1 Å². The molecule has 21 heavy (non-hydrogen) atoms. The number of aromatic carboxylic acids is 1. The van der Waals surface area contributed by atoms with Gasteiger partial charge in [-0.3, -0.25) is 0 Å². The second-order valence-corrected chi connectivity index (χ2v) is 4.57. The number of hydrogen-bond donors (Lipinski definition) is 1. The molecule has 4 heteroatoms. The van der Waals surface area contributed by atoms with Crippen molar-refractivity contribution in [2.45, 2.75) is 13.8 Å². The molecule has 2 aromatic rings. The van der Waals surface area contributed by atoms with Crippen molar-refractivity contribution in [1.29, 1.82) is 0 Å². The third kappa shape index (κ3) is 2.94. The number of benzene rings is 2. The highest BCUT2D eigenvalue weighted by atomic mass is 16.5. The van der Waals surface area contributed by atoms with Crippen LogP contribution in [0.3, 0.4) is 0 Å². The number of rotatable bonds is 4. The van der Waals surface area contributed by atoms with Crippen molar-refractivity contribution in [3.63, 3.8) is 0 Å². The van der Waals surface area contributed by atoms with E-state index in [0.29, 0.717) is 5.56 Å². The van der Waals surface area contributed by atoms with Crippen LogP contribution >= 0.6 is 0 Å². The maximum atomic E-state index is 12.1. The zero-order valence-corrected chi connectivity index (χ0v) is 11.9. The highest BCUT2D eigenvalue weighted by Crippen LogP contribution is 2.31. The lowest BCUT2D eigenvalue weighted by molar-refractivity contribution is 0.0527. The van der Waals surface area contributed by atoms with Crippen molar-refractivity contribution in [3.05, 3.63) is 59.2 Å². The van der Waals surface area contributed by atoms with Crippen LogP contribution in [0, 0.1) is 6.92 Å². The molecule has 0 aliphatic rings. The minimum absolute atomic E-state index is 0.0925. The van der Waals surface area contributed by atoms with Gasteiger partial charge in [0.05, 0.1) is 17.7 Å². The Morgan fingerprint density at radius 3 is 2.33 bits per heavy atom. The van der Waals surface area contributed by atoms with Crippen LogP contribution in [0.5, 0.6) is 0 Å². The van der Waals surface area contributed by atoms with Crippen molar-refractivity contribution >= 4 is 11.9 Å². The molecular weight excluding hydrogens is 268 g/mol. The van der Waals surface area contributed by atoms with Gasteiger partial charge in [0.25, 0.3) is 0 Å². The summed E-state index contributed by atoms with van der Waals surface area (Å²) in [5.41, 5.74) is 2.39. The van der Waals surface area contributed by atoms with Gasteiger partial charge in [-0.1, -0.05) is 30.3 Å². The molecule has 0 atom stereocenters. The number of carboxylic acids is 1. The summed E-state index contributed by atoms with van der Waals surface area (Å²) in [6.45, 7) is 3.83. The van der Waals surface area contributed by atoms with Crippen LogP contribution in [0.4, 0.5) is 0 Å². The number of carbonyl (C=O) groups excluding carboxylic acids is 1. The lowest BCUT2D eigenvalue weighted by Crippen LogP contribution is -2.10. The molecule has 0 unspecified atom stereocenters. The number of esters is 1. The average Bonchev–Trinajstić information content (AvgIpc) is 2.47. The number of carbonyl (C=O) groups is 2. The Morgan fingerprint density at radius 2 is 1.71 bits per heavy atom. The molecule has 1 N–H and O–H groups in total. The molecule has 0 bridgehead atoms. The van der Waals surface area contributed by atoms with Gasteiger partial charge in [0.2, 0.25) is 0 Å². The van der Waals surface area contributed by atoms with Gasteiger partial charge >= 0.3 is 11.9 Å². The van der Waals surface area contributed by atoms with Crippen molar-refractivity contribution in [3.8, 4) is 11.1 Å². The van der Waals surface area contributed by atoms with Crippen molar-refractivity contribution in [2.24, 2.45) is 0 Å². The first kappa shape index (κ1) is 14.8. The fourth-order valence-electron chi connectivity index (χ4n) is 2.25. The second-order valence-electron chi connectivity index (χ2n) is 4.57. The van der Waals surface area contributed by atoms with Crippen LogP contribution in [0.1, 0.15) is 33.2 Å². The van der Waals surface area contributed by atoms with Crippen LogP contribution in [-0.2, 0) is 4.74 Å². The molecule has 0 radical (unpaired) electrons. The van der Waals surface area contributed by atoms with E-state index in [0.717, 1.165) is 11.1 Å². The molecule has 0 saturated carbocycles. The summed E-state index contributed by atoms with van der Waals surface area (Å²) in [7, 11) is 0. The number of aryl methyl sites for hydroxylation is 1. The van der Waals surface area contributed by atoms with E-state index in [1.807, 2.05) is 25.1 Å². The minimum Gasteiger partial charge on any atom is -0.478 e. The normalized spacial score (nSPS) is 10.2. The van der Waals surface area contributed by atoms with Crippen LogP contribution in [0.2, 0.25) is 0 Å². The summed E-state index contributed by atoms with van der Waals surface area (Å²) in [5.74, 6) is -1.58. The van der Waals surface area contributed by atoms with Crippen LogP contribution in [0.25, 0.3) is 11.1 Å². The molecule has 0 heterocycles. The molecule has 4 nitrogen and oxygen atoms in total. The lowest BCUT2D eigenvalue weighted by Gasteiger charge is -2.14. The molecule has 0 aliphatic carbocycles. The van der Waals surface area contributed by atoms with E-state index in [-0.39, 0.29) is 17.7 Å². The number of carboxylic acid groups (broad SMARTS) is 1. The molecule has 0 amide bonds. The van der Waals surface area contributed by atoms with E-state index in [1.54, 1.807) is 25.1 Å². The third-order valence-electron chi connectivity index (χ3n) is 3.20. The summed E-state index contributed by atoms with van der Waals surface area (Å²) < 4.78 is 5.03. The lowest BCUT2D eigenvalue weighted by atomic mass is 9.91. The van der Waals surface area contributed by atoms with Crippen molar-refractivity contribution in [1.82, 2.24) is 0 Å². The van der Waals surface area contributed by atoms with E-state index in [1.165, 1.54) is 6.07 Å².